The Morgan fingerprint density at radius 3 is 0.978 bits per heavy atom. The summed E-state index contributed by atoms with van der Waals surface area (Å²) in [7, 11) is 7.67. The maximum Gasteiger partial charge on any atom is 0.362 e. The second kappa shape index (κ2) is 58.9. The quantitative estimate of drug-likeness (QED) is 0.0146. The van der Waals surface area contributed by atoms with Gasteiger partial charge in [0.25, 0.3) is 0 Å². The molecule has 90 heavy (non-hydrogen) atoms. The molecule has 0 bridgehead atoms. The summed E-state index contributed by atoms with van der Waals surface area (Å²) in [4.78, 5) is 76.6. The van der Waals surface area contributed by atoms with Crippen molar-refractivity contribution in [3.05, 3.63) is 24.3 Å². The predicted octanol–water partition coefficient (Wildman–Crippen LogP) is 16.6. The monoisotopic (exact) mass is 1280 g/mol. The molecule has 0 spiro atoms. The molecule has 0 rings (SSSR count). The number of carbonyl (C=O) groups excluding carboxylic acids is 6. The minimum Gasteiger partial charge on any atom is -0.460 e. The predicted molar refractivity (Wildman–Crippen MR) is 363 cm³/mol. The van der Waals surface area contributed by atoms with E-state index in [0.29, 0.717) is 79.8 Å². The van der Waals surface area contributed by atoms with Crippen molar-refractivity contribution in [3.63, 3.8) is 0 Å². The number of esters is 6. The number of hydrogen-bond donors (Lipinski definition) is 2. The first kappa shape index (κ1) is 86.1. The molecular formula is C74H138N2O14+2. The molecule has 0 heterocycles. The molecule has 0 aromatic carbocycles. The van der Waals surface area contributed by atoms with Crippen LogP contribution in [0.25, 0.3) is 0 Å². The van der Waals surface area contributed by atoms with Gasteiger partial charge in [-0.05, 0) is 96.3 Å². The Balaban J connectivity index is 4.79. The Labute approximate surface area is 549 Å². The van der Waals surface area contributed by atoms with Gasteiger partial charge < -0.3 is 47.6 Å². The van der Waals surface area contributed by atoms with Gasteiger partial charge in [-0.1, -0.05) is 213 Å². The third-order valence-electron chi connectivity index (χ3n) is 16.8. The number of likely N-dealkylation sites (N-methyl/N-ethyl adjacent to an activating group) is 2. The van der Waals surface area contributed by atoms with Crippen LogP contribution in [0, 0.1) is 0 Å². The highest BCUT2D eigenvalue weighted by molar-refractivity contribution is 5.72. The number of allylic oxidation sites excluding steroid dienone is 2. The Morgan fingerprint density at radius 1 is 0.333 bits per heavy atom. The Kier molecular flexibility index (Phi) is 56.4. The van der Waals surface area contributed by atoms with Crippen molar-refractivity contribution in [1.82, 2.24) is 0 Å². The van der Waals surface area contributed by atoms with E-state index < -0.39 is 30.7 Å². The van der Waals surface area contributed by atoms with Gasteiger partial charge >= 0.3 is 35.8 Å². The topological polar surface area (TPSA) is 198 Å². The first-order valence-corrected chi connectivity index (χ1v) is 36.7. The van der Waals surface area contributed by atoms with Crippen molar-refractivity contribution in [1.29, 1.82) is 0 Å². The van der Waals surface area contributed by atoms with Crippen LogP contribution in [0.15, 0.2) is 24.3 Å². The minimum atomic E-state index is -0.862. The lowest BCUT2D eigenvalue weighted by atomic mass is 10.0. The van der Waals surface area contributed by atoms with Gasteiger partial charge in [-0.2, -0.15) is 0 Å². The van der Waals surface area contributed by atoms with Crippen molar-refractivity contribution in [2.75, 3.05) is 67.6 Å². The molecule has 0 aliphatic heterocycles. The lowest BCUT2D eigenvalue weighted by Gasteiger charge is -2.30. The number of rotatable bonds is 64. The van der Waals surface area contributed by atoms with E-state index in [1.165, 1.54) is 38.5 Å². The van der Waals surface area contributed by atoms with Gasteiger partial charge in [0.15, 0.2) is 13.1 Å². The number of aliphatic hydroxyl groups is 2. The lowest BCUT2D eigenvalue weighted by molar-refractivity contribution is -0.883. The van der Waals surface area contributed by atoms with Gasteiger partial charge in [-0.25, -0.2) is 9.59 Å². The summed E-state index contributed by atoms with van der Waals surface area (Å²) >= 11 is 0. The highest BCUT2D eigenvalue weighted by Crippen LogP contribution is 2.20. The second-order valence-corrected chi connectivity index (χ2v) is 26.9. The molecule has 0 aromatic heterocycles. The van der Waals surface area contributed by atoms with Gasteiger partial charge in [0, 0.05) is 32.1 Å². The fourth-order valence-electron chi connectivity index (χ4n) is 10.8. The summed E-state index contributed by atoms with van der Waals surface area (Å²) in [6.45, 7) is 12.5. The highest BCUT2D eigenvalue weighted by Gasteiger charge is 2.29. The smallest absolute Gasteiger partial charge is 0.362 e. The van der Waals surface area contributed by atoms with Crippen LogP contribution >= 0.6 is 0 Å². The van der Waals surface area contributed by atoms with Crippen LogP contribution < -0.4 is 0 Å². The molecule has 0 saturated carbocycles. The summed E-state index contributed by atoms with van der Waals surface area (Å²) in [5, 5.41) is 22.2. The molecule has 0 saturated heterocycles. The zero-order valence-corrected chi connectivity index (χ0v) is 59.2. The number of quaternary nitrogens is 2. The van der Waals surface area contributed by atoms with Crippen LogP contribution in [-0.2, 0) is 57.2 Å². The van der Waals surface area contributed by atoms with E-state index in [9.17, 15) is 39.0 Å². The molecule has 0 fully saturated rings. The maximum atomic E-state index is 13.1. The lowest BCUT2D eigenvalue weighted by Crippen LogP contribution is -2.48. The standard InChI is InChI=1S/C74H138N2O14/c1-10-15-20-23-28-39-48-57-74(89-70(81)55-46-37-31-26-24-29-35-42-49-64(77)66(51-40-18-13-4)87-72(83)62-75(6,7)58-60-85-68(79)53-44-33-21-16-11-2)90-71(82)56-47-38-32-27-25-30-36-43-50-65(78)67(52-41-19-14-5)88-73(84)63-76(8,9)59-61-86-69(80)54-45-34-22-17-12-3/h35-36,42-43,64-67,74,77-78H,10-34,37-41,44-63H2,1-9H3/q+2/b42-35-,43-36-. The van der Waals surface area contributed by atoms with Crippen LogP contribution in [0.5, 0.6) is 0 Å². The first-order valence-electron chi connectivity index (χ1n) is 36.7. The molecule has 16 nitrogen and oxygen atoms in total. The Hall–Kier alpha value is -3.86. The van der Waals surface area contributed by atoms with E-state index in [-0.39, 0.29) is 75.0 Å². The number of aliphatic hydroxyl groups excluding tert-OH is 2. The molecule has 0 aliphatic rings. The summed E-state index contributed by atoms with van der Waals surface area (Å²) in [5.41, 5.74) is 0. The van der Waals surface area contributed by atoms with E-state index in [2.05, 4.69) is 46.8 Å². The molecule has 4 unspecified atom stereocenters. The third-order valence-corrected chi connectivity index (χ3v) is 16.8. The SMILES string of the molecule is CCCCCCCCCC(OC(=O)CCCCCCC/C=C\CC(O)C(CCCCC)OC(=O)C[N+](C)(C)CCOC(=O)CCCCCCC)OC(=O)CCCCCCC/C=C\CC(O)C(CCCCC)OC(=O)C[N+](C)(C)CCOC(=O)CCCCCCC. The number of unbranched alkanes of at least 4 members (excludes halogenated alkanes) is 28. The summed E-state index contributed by atoms with van der Waals surface area (Å²) in [5.74, 6) is -1.77. The molecule has 0 amide bonds. The number of ether oxygens (including phenoxy) is 6. The normalized spacial score (nSPS) is 13.7. The third kappa shape index (κ3) is 54.7. The highest BCUT2D eigenvalue weighted by atomic mass is 16.7. The summed E-state index contributed by atoms with van der Waals surface area (Å²) in [6.07, 6.45) is 43.5. The fourth-order valence-corrected chi connectivity index (χ4v) is 10.8. The fraction of sp³-hybridized carbons (Fsp3) is 0.865. The van der Waals surface area contributed by atoms with Gasteiger partial charge in [0.1, 0.15) is 38.5 Å². The molecule has 16 heteroatoms. The molecule has 0 radical (unpaired) electrons. The van der Waals surface area contributed by atoms with E-state index in [1.807, 2.05) is 40.3 Å². The van der Waals surface area contributed by atoms with Gasteiger partial charge in [-0.3, -0.25) is 19.2 Å². The van der Waals surface area contributed by atoms with Crippen LogP contribution in [-0.4, -0.2) is 153 Å². The van der Waals surface area contributed by atoms with Crippen molar-refractivity contribution in [3.8, 4) is 0 Å². The molecule has 4 atom stereocenters. The molecule has 526 valence electrons. The second-order valence-electron chi connectivity index (χ2n) is 26.9. The summed E-state index contributed by atoms with van der Waals surface area (Å²) in [6, 6.07) is 0. The van der Waals surface area contributed by atoms with E-state index in [0.717, 1.165) is 173 Å². The largest absolute Gasteiger partial charge is 0.460 e. The molecule has 0 aliphatic carbocycles. The van der Waals surface area contributed by atoms with Crippen LogP contribution in [0.3, 0.4) is 0 Å². The van der Waals surface area contributed by atoms with E-state index in [4.69, 9.17) is 28.4 Å². The Morgan fingerprint density at radius 2 is 0.622 bits per heavy atom. The van der Waals surface area contributed by atoms with Crippen LogP contribution in [0.2, 0.25) is 0 Å². The van der Waals surface area contributed by atoms with Crippen molar-refractivity contribution in [2.24, 2.45) is 0 Å². The Bertz CT molecular complexity index is 1720. The average Bonchev–Trinajstić information content (AvgIpc) is 2.04. The van der Waals surface area contributed by atoms with Gasteiger partial charge in [0.2, 0.25) is 6.29 Å². The van der Waals surface area contributed by atoms with Gasteiger partial charge in [-0.15, -0.1) is 0 Å². The number of carbonyl (C=O) groups is 6. The van der Waals surface area contributed by atoms with Crippen molar-refractivity contribution >= 4 is 35.8 Å². The van der Waals surface area contributed by atoms with Crippen LogP contribution in [0.1, 0.15) is 317 Å². The van der Waals surface area contributed by atoms with Gasteiger partial charge in [0.05, 0.1) is 40.4 Å². The van der Waals surface area contributed by atoms with Crippen LogP contribution in [0.4, 0.5) is 0 Å². The van der Waals surface area contributed by atoms with Crippen molar-refractivity contribution < 1.29 is 76.4 Å². The number of hydrogen-bond acceptors (Lipinski definition) is 14. The summed E-state index contributed by atoms with van der Waals surface area (Å²) < 4.78 is 34.9. The molecular weight excluding hydrogens is 1140 g/mol. The first-order chi connectivity index (χ1) is 43.3. The molecule has 2 N–H and O–H groups in total. The number of nitrogens with zero attached hydrogens (tertiary/aromatic N) is 2. The maximum absolute atomic E-state index is 13.1. The van der Waals surface area contributed by atoms with E-state index in [1.54, 1.807) is 0 Å². The minimum absolute atomic E-state index is 0.119. The van der Waals surface area contributed by atoms with E-state index >= 15 is 0 Å². The molecule has 0 aromatic rings. The zero-order chi connectivity index (χ0) is 66.8. The zero-order valence-electron chi connectivity index (χ0n) is 59.2. The average molecular weight is 1280 g/mol. The van der Waals surface area contributed by atoms with Crippen molar-refractivity contribution in [2.45, 2.75) is 348 Å².